The van der Waals surface area contributed by atoms with Gasteiger partial charge >= 0.3 is 0 Å². The Morgan fingerprint density at radius 3 is 2.29 bits per heavy atom. The molecule has 0 amide bonds. The van der Waals surface area contributed by atoms with Crippen LogP contribution < -0.4 is 5.73 Å². The second-order valence-electron chi connectivity index (χ2n) is 1.53. The molecule has 0 aromatic rings. The van der Waals surface area contributed by atoms with E-state index >= 15 is 0 Å². The van der Waals surface area contributed by atoms with Crippen molar-refractivity contribution in [3.8, 4) is 0 Å². The summed E-state index contributed by atoms with van der Waals surface area (Å²) in [7, 11) is 0. The summed E-state index contributed by atoms with van der Waals surface area (Å²) in [4.78, 5) is 0. The average Bonchev–Trinajstić information content (AvgIpc) is 1.65. The van der Waals surface area contributed by atoms with Gasteiger partial charge in [-0.05, 0) is 13.8 Å². The van der Waals surface area contributed by atoms with Gasteiger partial charge in [0.05, 0.1) is 5.71 Å². The van der Waals surface area contributed by atoms with Crippen LogP contribution in [0.1, 0.15) is 13.8 Å². The molecule has 0 bridgehead atoms. The molecular weight excluding hydrogens is 92.1 g/mol. The summed E-state index contributed by atoms with van der Waals surface area (Å²) in [5, 5.41) is 10.9. The molecule has 3 N–H and O–H groups in total. The van der Waals surface area contributed by atoms with Crippen molar-refractivity contribution in [3.63, 3.8) is 0 Å². The molecule has 3 heteroatoms. The Kier molecular flexibility index (Phi) is 2.37. The van der Waals surface area contributed by atoms with Crippen LogP contribution in [0, 0.1) is 0 Å². The van der Waals surface area contributed by atoms with E-state index in [1.54, 1.807) is 13.8 Å². The maximum absolute atomic E-state index is 8.01. The lowest BCUT2D eigenvalue weighted by Crippen LogP contribution is -2.23. The second kappa shape index (κ2) is 2.58. The Hall–Kier alpha value is -0.570. The molecule has 0 fully saturated rings. The zero-order chi connectivity index (χ0) is 5.86. The molecule has 1 unspecified atom stereocenters. The van der Waals surface area contributed by atoms with E-state index in [4.69, 9.17) is 10.9 Å². The minimum atomic E-state index is -0.134. The van der Waals surface area contributed by atoms with E-state index in [1.807, 2.05) is 0 Å². The van der Waals surface area contributed by atoms with Crippen LogP contribution in [0.15, 0.2) is 5.16 Å². The first-order valence-corrected chi connectivity index (χ1v) is 2.12. The highest BCUT2D eigenvalue weighted by Gasteiger charge is 1.94. The Bertz CT molecular complexity index is 77.8. The van der Waals surface area contributed by atoms with Gasteiger partial charge in [0.2, 0.25) is 0 Å². The third-order valence-electron chi connectivity index (χ3n) is 0.817. The number of rotatable bonds is 1. The van der Waals surface area contributed by atoms with Crippen molar-refractivity contribution >= 4 is 5.71 Å². The summed E-state index contributed by atoms with van der Waals surface area (Å²) in [6.07, 6.45) is 0. The van der Waals surface area contributed by atoms with Crippen molar-refractivity contribution in [2.75, 3.05) is 0 Å². The summed E-state index contributed by atoms with van der Waals surface area (Å²) in [5.41, 5.74) is 5.81. The smallest absolute Gasteiger partial charge is 0.0703 e. The lowest BCUT2D eigenvalue weighted by Gasteiger charge is -1.97. The highest BCUT2D eigenvalue weighted by atomic mass is 16.4. The zero-order valence-corrected chi connectivity index (χ0v) is 4.55. The van der Waals surface area contributed by atoms with Gasteiger partial charge < -0.3 is 10.9 Å². The molecule has 0 saturated heterocycles. The molecule has 0 aliphatic carbocycles. The summed E-state index contributed by atoms with van der Waals surface area (Å²) in [6, 6.07) is -0.134. The van der Waals surface area contributed by atoms with Gasteiger partial charge in [-0.2, -0.15) is 0 Å². The zero-order valence-electron chi connectivity index (χ0n) is 4.55. The van der Waals surface area contributed by atoms with Crippen molar-refractivity contribution in [1.82, 2.24) is 0 Å². The van der Waals surface area contributed by atoms with Crippen molar-refractivity contribution < 1.29 is 5.21 Å². The molecule has 1 atom stereocenters. The first-order chi connectivity index (χ1) is 3.18. The highest BCUT2D eigenvalue weighted by Crippen LogP contribution is 1.78. The topological polar surface area (TPSA) is 58.6 Å². The number of oxime groups is 1. The molecule has 0 spiro atoms. The van der Waals surface area contributed by atoms with Crippen molar-refractivity contribution in [2.24, 2.45) is 10.9 Å². The Morgan fingerprint density at radius 2 is 2.29 bits per heavy atom. The minimum Gasteiger partial charge on any atom is -0.411 e. The van der Waals surface area contributed by atoms with Gasteiger partial charge in [0.1, 0.15) is 0 Å². The third-order valence-corrected chi connectivity index (χ3v) is 0.817. The maximum Gasteiger partial charge on any atom is 0.0703 e. The molecule has 0 aliphatic rings. The van der Waals surface area contributed by atoms with Crippen LogP contribution >= 0.6 is 0 Å². The Morgan fingerprint density at radius 1 is 1.86 bits per heavy atom. The lowest BCUT2D eigenvalue weighted by atomic mass is 10.2. The van der Waals surface area contributed by atoms with E-state index in [9.17, 15) is 0 Å². The summed E-state index contributed by atoms with van der Waals surface area (Å²) < 4.78 is 0. The first kappa shape index (κ1) is 6.43. The standard InChI is InChI=1S/C4H10N2O/c1-3(5)4(2)6-7/h3,7H,5H2,1-2H3. The van der Waals surface area contributed by atoms with Crippen LogP contribution in [0.3, 0.4) is 0 Å². The van der Waals surface area contributed by atoms with Crippen LogP contribution in [-0.2, 0) is 0 Å². The van der Waals surface area contributed by atoms with E-state index in [1.165, 1.54) is 0 Å². The van der Waals surface area contributed by atoms with Crippen molar-refractivity contribution in [2.45, 2.75) is 19.9 Å². The minimum absolute atomic E-state index is 0.134. The molecule has 0 heterocycles. The molecule has 42 valence electrons. The van der Waals surface area contributed by atoms with Gasteiger partial charge in [0, 0.05) is 6.04 Å². The molecule has 0 saturated carbocycles. The summed E-state index contributed by atoms with van der Waals surface area (Å²) in [5.74, 6) is 0. The quantitative estimate of drug-likeness (QED) is 0.282. The average molecular weight is 102 g/mol. The molecule has 0 aromatic heterocycles. The molecule has 3 nitrogen and oxygen atoms in total. The van der Waals surface area contributed by atoms with Crippen LogP contribution in [-0.4, -0.2) is 17.0 Å². The van der Waals surface area contributed by atoms with Gasteiger partial charge in [-0.15, -0.1) is 0 Å². The van der Waals surface area contributed by atoms with Crippen molar-refractivity contribution in [3.05, 3.63) is 0 Å². The number of nitrogens with zero attached hydrogens (tertiary/aromatic N) is 1. The normalized spacial score (nSPS) is 16.7. The van der Waals surface area contributed by atoms with Crippen LogP contribution in [0.2, 0.25) is 0 Å². The van der Waals surface area contributed by atoms with E-state index in [-0.39, 0.29) is 6.04 Å². The summed E-state index contributed by atoms with van der Waals surface area (Å²) in [6.45, 7) is 3.43. The number of hydrogen-bond donors (Lipinski definition) is 2. The number of hydrogen-bond acceptors (Lipinski definition) is 3. The van der Waals surface area contributed by atoms with E-state index in [0.717, 1.165) is 0 Å². The lowest BCUT2D eigenvalue weighted by molar-refractivity contribution is 0.316. The molecule has 0 aliphatic heterocycles. The van der Waals surface area contributed by atoms with Gasteiger partial charge in [-0.3, -0.25) is 0 Å². The van der Waals surface area contributed by atoms with Crippen LogP contribution in [0.25, 0.3) is 0 Å². The van der Waals surface area contributed by atoms with Gasteiger partial charge in [-0.1, -0.05) is 5.16 Å². The molecule has 0 aromatic carbocycles. The number of nitrogens with two attached hydrogens (primary N) is 1. The Balaban J connectivity index is 3.56. The fourth-order valence-corrected chi connectivity index (χ4v) is 0.0911. The largest absolute Gasteiger partial charge is 0.411 e. The van der Waals surface area contributed by atoms with Gasteiger partial charge in [0.15, 0.2) is 0 Å². The van der Waals surface area contributed by atoms with Gasteiger partial charge in [-0.25, -0.2) is 0 Å². The van der Waals surface area contributed by atoms with Crippen LogP contribution in [0.5, 0.6) is 0 Å². The molecule has 0 rings (SSSR count). The SMILES string of the molecule is CC(=NO)C(C)N. The Labute approximate surface area is 42.8 Å². The van der Waals surface area contributed by atoms with Crippen molar-refractivity contribution in [1.29, 1.82) is 0 Å². The molecule has 7 heavy (non-hydrogen) atoms. The predicted octanol–water partition coefficient (Wildman–Crippen LogP) is 0.184. The maximum atomic E-state index is 8.01. The monoisotopic (exact) mass is 102 g/mol. The van der Waals surface area contributed by atoms with E-state index in [0.29, 0.717) is 5.71 Å². The highest BCUT2D eigenvalue weighted by molar-refractivity contribution is 5.85. The summed E-state index contributed by atoms with van der Waals surface area (Å²) >= 11 is 0. The fraction of sp³-hybridized carbons (Fsp3) is 0.750. The van der Waals surface area contributed by atoms with Gasteiger partial charge in [0.25, 0.3) is 0 Å². The second-order valence-corrected chi connectivity index (χ2v) is 1.53. The first-order valence-electron chi connectivity index (χ1n) is 2.12. The molecular formula is C4H10N2O. The van der Waals surface area contributed by atoms with E-state index < -0.39 is 0 Å². The fourth-order valence-electron chi connectivity index (χ4n) is 0.0911. The van der Waals surface area contributed by atoms with E-state index in [2.05, 4.69) is 5.16 Å². The van der Waals surface area contributed by atoms with Crippen LogP contribution in [0.4, 0.5) is 0 Å². The molecule has 0 radical (unpaired) electrons. The predicted molar refractivity (Wildman–Crippen MR) is 28.5 cm³/mol. The third kappa shape index (κ3) is 2.17.